The van der Waals surface area contributed by atoms with Gasteiger partial charge in [0.15, 0.2) is 0 Å². The Bertz CT molecular complexity index is 799. The van der Waals surface area contributed by atoms with Gasteiger partial charge in [0.2, 0.25) is 5.91 Å². The molecule has 0 spiro atoms. The van der Waals surface area contributed by atoms with E-state index in [0.717, 1.165) is 12.8 Å². The Morgan fingerprint density at radius 3 is 2.96 bits per heavy atom. The van der Waals surface area contributed by atoms with Crippen molar-refractivity contribution in [1.82, 2.24) is 15.1 Å². The molecule has 1 amide bonds. The number of nitrogens with zero attached hydrogens (tertiary/aromatic N) is 1. The molecule has 1 aromatic carbocycles. The van der Waals surface area contributed by atoms with Crippen molar-refractivity contribution in [3.63, 3.8) is 0 Å². The quantitative estimate of drug-likeness (QED) is 0.868. The average molecular weight is 347 g/mol. The van der Waals surface area contributed by atoms with Gasteiger partial charge >= 0.3 is 0 Å². The van der Waals surface area contributed by atoms with Crippen LogP contribution in [0.5, 0.6) is 5.75 Å². The van der Waals surface area contributed by atoms with Gasteiger partial charge in [0, 0.05) is 36.3 Å². The van der Waals surface area contributed by atoms with Gasteiger partial charge in [-0.1, -0.05) is 6.07 Å². The van der Waals surface area contributed by atoms with E-state index in [4.69, 9.17) is 4.74 Å². The number of hydrogen-bond donors (Lipinski definition) is 2. The highest BCUT2D eigenvalue weighted by Gasteiger charge is 2.25. The van der Waals surface area contributed by atoms with Crippen molar-refractivity contribution in [2.24, 2.45) is 5.92 Å². The molecule has 7 heteroatoms. The maximum Gasteiger partial charge on any atom is 0.267 e. The molecule has 1 fully saturated rings. The van der Waals surface area contributed by atoms with Crippen LogP contribution in [0.4, 0.5) is 4.39 Å². The van der Waals surface area contributed by atoms with Gasteiger partial charge in [-0.15, -0.1) is 0 Å². The molecule has 0 unspecified atom stereocenters. The summed E-state index contributed by atoms with van der Waals surface area (Å²) in [7, 11) is 0. The minimum atomic E-state index is -0.329. The molecule has 2 heterocycles. The van der Waals surface area contributed by atoms with E-state index < -0.39 is 0 Å². The zero-order chi connectivity index (χ0) is 17.8. The Hall–Kier alpha value is -2.57. The van der Waals surface area contributed by atoms with Crippen molar-refractivity contribution in [3.8, 4) is 5.75 Å². The molecule has 25 heavy (non-hydrogen) atoms. The highest BCUT2D eigenvalue weighted by Crippen LogP contribution is 2.20. The predicted molar refractivity (Wildman–Crippen MR) is 91.1 cm³/mol. The summed E-state index contributed by atoms with van der Waals surface area (Å²) in [5, 5.41) is 5.23. The molecular formula is C18H22FN3O3. The van der Waals surface area contributed by atoms with E-state index >= 15 is 0 Å². The van der Waals surface area contributed by atoms with E-state index in [1.54, 1.807) is 24.0 Å². The molecule has 134 valence electrons. The van der Waals surface area contributed by atoms with Crippen LogP contribution in [0, 0.1) is 18.7 Å². The number of aromatic nitrogens is 2. The number of H-pyrrole nitrogens is 2. The van der Waals surface area contributed by atoms with Crippen molar-refractivity contribution in [2.75, 3.05) is 19.7 Å². The smallest absolute Gasteiger partial charge is 0.267 e. The van der Waals surface area contributed by atoms with Crippen LogP contribution in [0.1, 0.15) is 24.1 Å². The maximum atomic E-state index is 13.2. The fourth-order valence-electron chi connectivity index (χ4n) is 3.15. The SMILES string of the molecule is Cc1[nH][nH]c(=O)c1CC(=O)N1CCC[C@H](COc2cccc(F)c2)C1. The first-order valence-electron chi connectivity index (χ1n) is 8.45. The van der Waals surface area contributed by atoms with Crippen LogP contribution in [-0.4, -0.2) is 40.7 Å². The van der Waals surface area contributed by atoms with Crippen molar-refractivity contribution in [3.05, 3.63) is 51.7 Å². The summed E-state index contributed by atoms with van der Waals surface area (Å²) in [6.07, 6.45) is 1.95. The number of nitrogens with one attached hydrogen (secondary N) is 2. The summed E-state index contributed by atoms with van der Waals surface area (Å²) >= 11 is 0. The van der Waals surface area contributed by atoms with E-state index in [2.05, 4.69) is 10.2 Å². The largest absolute Gasteiger partial charge is 0.493 e. The highest BCUT2D eigenvalue weighted by atomic mass is 19.1. The number of piperidine rings is 1. The van der Waals surface area contributed by atoms with E-state index in [-0.39, 0.29) is 29.6 Å². The lowest BCUT2D eigenvalue weighted by atomic mass is 9.98. The van der Waals surface area contributed by atoms with E-state index in [0.29, 0.717) is 36.7 Å². The van der Waals surface area contributed by atoms with Gasteiger partial charge in [-0.2, -0.15) is 0 Å². The lowest BCUT2D eigenvalue weighted by Crippen LogP contribution is -2.42. The molecule has 1 aliphatic rings. The van der Waals surface area contributed by atoms with Gasteiger partial charge in [0.25, 0.3) is 5.56 Å². The Morgan fingerprint density at radius 1 is 1.40 bits per heavy atom. The molecule has 0 aliphatic carbocycles. The number of halogens is 1. The van der Waals surface area contributed by atoms with Gasteiger partial charge in [-0.05, 0) is 31.9 Å². The third kappa shape index (κ3) is 4.29. The fraction of sp³-hybridized carbons (Fsp3) is 0.444. The number of aryl methyl sites for hydroxylation is 1. The molecule has 2 aromatic rings. The maximum absolute atomic E-state index is 13.2. The number of ether oxygens (including phenoxy) is 1. The summed E-state index contributed by atoms with van der Waals surface area (Å²) in [5.41, 5.74) is 0.943. The van der Waals surface area contributed by atoms with Gasteiger partial charge < -0.3 is 14.7 Å². The Kier molecular flexibility index (Phi) is 5.21. The van der Waals surface area contributed by atoms with E-state index in [1.165, 1.54) is 12.1 Å². The lowest BCUT2D eigenvalue weighted by Gasteiger charge is -2.32. The molecule has 1 aliphatic heterocycles. The molecule has 3 rings (SSSR count). The fourth-order valence-corrected chi connectivity index (χ4v) is 3.15. The number of likely N-dealkylation sites (tertiary alicyclic amines) is 1. The molecule has 0 saturated carbocycles. The molecule has 0 bridgehead atoms. The Balaban J connectivity index is 1.55. The Labute approximate surface area is 145 Å². The van der Waals surface area contributed by atoms with Crippen LogP contribution in [-0.2, 0) is 11.2 Å². The third-order valence-electron chi connectivity index (χ3n) is 4.57. The van der Waals surface area contributed by atoms with Crippen molar-refractivity contribution in [2.45, 2.75) is 26.2 Å². The number of amides is 1. The summed E-state index contributed by atoms with van der Waals surface area (Å²) in [5.74, 6) is 0.318. The van der Waals surface area contributed by atoms with Crippen LogP contribution in [0.15, 0.2) is 29.1 Å². The summed E-state index contributed by atoms with van der Waals surface area (Å²) in [4.78, 5) is 26.0. The summed E-state index contributed by atoms with van der Waals surface area (Å²) < 4.78 is 18.8. The third-order valence-corrected chi connectivity index (χ3v) is 4.57. The first-order valence-corrected chi connectivity index (χ1v) is 8.45. The highest BCUT2D eigenvalue weighted by molar-refractivity contribution is 5.79. The van der Waals surface area contributed by atoms with Crippen LogP contribution in [0.25, 0.3) is 0 Å². The second-order valence-corrected chi connectivity index (χ2v) is 6.48. The normalized spacial score (nSPS) is 17.5. The van der Waals surface area contributed by atoms with Gasteiger partial charge in [-0.25, -0.2) is 4.39 Å². The summed E-state index contributed by atoms with van der Waals surface area (Å²) in [6.45, 7) is 3.50. The van der Waals surface area contributed by atoms with Gasteiger partial charge in [0.05, 0.1) is 13.0 Å². The minimum Gasteiger partial charge on any atom is -0.493 e. The van der Waals surface area contributed by atoms with Crippen LogP contribution < -0.4 is 10.3 Å². The monoisotopic (exact) mass is 347 g/mol. The zero-order valence-corrected chi connectivity index (χ0v) is 14.2. The number of benzene rings is 1. The first-order chi connectivity index (χ1) is 12.0. The number of hydrogen-bond acceptors (Lipinski definition) is 3. The van der Waals surface area contributed by atoms with E-state index in [9.17, 15) is 14.0 Å². The standard InChI is InChI=1S/C18H22FN3O3/c1-12-16(18(24)21-20-12)9-17(23)22-7-3-4-13(10-22)11-25-15-6-2-5-14(19)8-15/h2,5-6,8,13H,3-4,7,9-11H2,1H3,(H2,20,21,24)/t13-/m0/s1. The predicted octanol–water partition coefficient (Wildman–Crippen LogP) is 2.01. The second kappa shape index (κ2) is 7.55. The zero-order valence-electron chi connectivity index (χ0n) is 14.2. The molecule has 6 nitrogen and oxygen atoms in total. The molecule has 0 radical (unpaired) electrons. The van der Waals surface area contributed by atoms with Crippen molar-refractivity contribution >= 4 is 5.91 Å². The van der Waals surface area contributed by atoms with Gasteiger partial charge in [0.1, 0.15) is 11.6 Å². The Morgan fingerprint density at radius 2 is 2.24 bits per heavy atom. The van der Waals surface area contributed by atoms with Crippen LogP contribution in [0.2, 0.25) is 0 Å². The van der Waals surface area contributed by atoms with Crippen molar-refractivity contribution in [1.29, 1.82) is 0 Å². The topological polar surface area (TPSA) is 78.2 Å². The first kappa shape index (κ1) is 17.3. The number of aromatic amines is 2. The number of rotatable bonds is 5. The number of carbonyl (C=O) groups excluding carboxylic acids is 1. The summed E-state index contributed by atoms with van der Waals surface area (Å²) in [6, 6.07) is 6.05. The molecule has 1 atom stereocenters. The molecule has 2 N–H and O–H groups in total. The second-order valence-electron chi connectivity index (χ2n) is 6.48. The average Bonchev–Trinajstić information content (AvgIpc) is 2.92. The van der Waals surface area contributed by atoms with Gasteiger partial charge in [-0.3, -0.25) is 14.7 Å². The number of carbonyl (C=O) groups is 1. The molecule has 1 aromatic heterocycles. The lowest BCUT2D eigenvalue weighted by molar-refractivity contribution is -0.132. The van der Waals surface area contributed by atoms with Crippen LogP contribution in [0.3, 0.4) is 0 Å². The van der Waals surface area contributed by atoms with Crippen LogP contribution >= 0.6 is 0 Å². The van der Waals surface area contributed by atoms with E-state index in [1.807, 2.05) is 0 Å². The minimum absolute atomic E-state index is 0.0522. The van der Waals surface area contributed by atoms with Crippen molar-refractivity contribution < 1.29 is 13.9 Å². The molecular weight excluding hydrogens is 325 g/mol. The molecule has 1 saturated heterocycles.